The molecule has 0 saturated carbocycles. The first-order valence-corrected chi connectivity index (χ1v) is 7.79. The lowest BCUT2D eigenvalue weighted by molar-refractivity contribution is 0.682. The smallest absolute Gasteiger partial charge is 0.0415 e. The molecule has 2 rings (SSSR count). The van der Waals surface area contributed by atoms with Gasteiger partial charge in [0.05, 0.1) is 0 Å². The SMILES string of the molecule is CCCCc1ccc(NCc2ccn(CCC)c2)cc1. The van der Waals surface area contributed by atoms with E-state index in [2.05, 4.69) is 66.5 Å². The van der Waals surface area contributed by atoms with Gasteiger partial charge in [0, 0.05) is 31.2 Å². The molecule has 0 spiro atoms. The van der Waals surface area contributed by atoms with Gasteiger partial charge in [0.25, 0.3) is 0 Å². The van der Waals surface area contributed by atoms with Crippen LogP contribution in [0.1, 0.15) is 44.2 Å². The van der Waals surface area contributed by atoms with E-state index in [9.17, 15) is 0 Å². The number of hydrogen-bond acceptors (Lipinski definition) is 1. The summed E-state index contributed by atoms with van der Waals surface area (Å²) in [6.45, 7) is 6.44. The number of aromatic nitrogens is 1. The van der Waals surface area contributed by atoms with Gasteiger partial charge in [0.1, 0.15) is 0 Å². The summed E-state index contributed by atoms with van der Waals surface area (Å²) in [5.74, 6) is 0. The average Bonchev–Trinajstić information content (AvgIpc) is 2.92. The summed E-state index contributed by atoms with van der Waals surface area (Å²) in [5.41, 5.74) is 3.98. The van der Waals surface area contributed by atoms with Crippen molar-refractivity contribution in [1.82, 2.24) is 4.57 Å². The highest BCUT2D eigenvalue weighted by Crippen LogP contribution is 2.13. The highest BCUT2D eigenvalue weighted by molar-refractivity contribution is 5.45. The van der Waals surface area contributed by atoms with Crippen LogP contribution in [0.5, 0.6) is 0 Å². The molecule has 2 nitrogen and oxygen atoms in total. The highest BCUT2D eigenvalue weighted by Gasteiger charge is 1.98. The van der Waals surface area contributed by atoms with E-state index in [0.717, 1.165) is 13.1 Å². The number of nitrogens with one attached hydrogen (secondary N) is 1. The van der Waals surface area contributed by atoms with Gasteiger partial charge < -0.3 is 9.88 Å². The lowest BCUT2D eigenvalue weighted by Crippen LogP contribution is -1.99. The Bertz CT molecular complexity index is 496. The summed E-state index contributed by atoms with van der Waals surface area (Å²) in [7, 11) is 0. The molecule has 0 bridgehead atoms. The molecule has 0 amide bonds. The van der Waals surface area contributed by atoms with E-state index in [1.807, 2.05) is 0 Å². The Morgan fingerprint density at radius 1 is 0.950 bits per heavy atom. The van der Waals surface area contributed by atoms with E-state index in [1.54, 1.807) is 0 Å². The number of nitrogens with zero attached hydrogens (tertiary/aromatic N) is 1. The molecular weight excluding hydrogens is 244 g/mol. The van der Waals surface area contributed by atoms with E-state index < -0.39 is 0 Å². The molecule has 0 aliphatic heterocycles. The third-order valence-electron chi connectivity index (χ3n) is 3.56. The molecule has 2 heteroatoms. The predicted octanol–water partition coefficient (Wildman–Crippen LogP) is 4.85. The maximum absolute atomic E-state index is 3.49. The van der Waals surface area contributed by atoms with Crippen molar-refractivity contribution in [3.05, 3.63) is 53.9 Å². The minimum atomic E-state index is 0.894. The van der Waals surface area contributed by atoms with Gasteiger partial charge in [-0.25, -0.2) is 0 Å². The monoisotopic (exact) mass is 270 g/mol. The number of hydrogen-bond donors (Lipinski definition) is 1. The van der Waals surface area contributed by atoms with Crippen LogP contribution in [0.4, 0.5) is 5.69 Å². The lowest BCUT2D eigenvalue weighted by atomic mass is 10.1. The maximum atomic E-state index is 3.49. The number of aryl methyl sites for hydroxylation is 2. The molecule has 0 saturated heterocycles. The van der Waals surface area contributed by atoms with Crippen molar-refractivity contribution in [1.29, 1.82) is 0 Å². The summed E-state index contributed by atoms with van der Waals surface area (Å²) in [6.07, 6.45) is 9.30. The van der Waals surface area contributed by atoms with Crippen molar-refractivity contribution < 1.29 is 0 Å². The van der Waals surface area contributed by atoms with Crippen molar-refractivity contribution in [2.45, 2.75) is 52.6 Å². The quantitative estimate of drug-likeness (QED) is 0.725. The Morgan fingerprint density at radius 2 is 1.75 bits per heavy atom. The zero-order valence-electron chi connectivity index (χ0n) is 12.7. The molecule has 0 atom stereocenters. The van der Waals surface area contributed by atoms with Gasteiger partial charge >= 0.3 is 0 Å². The largest absolute Gasteiger partial charge is 0.381 e. The zero-order chi connectivity index (χ0) is 14.2. The summed E-state index contributed by atoms with van der Waals surface area (Å²) in [5, 5.41) is 3.49. The molecule has 1 heterocycles. The van der Waals surface area contributed by atoms with Crippen LogP contribution in [0.25, 0.3) is 0 Å². The minimum absolute atomic E-state index is 0.894. The Labute approximate surface area is 122 Å². The Hall–Kier alpha value is -1.70. The molecule has 20 heavy (non-hydrogen) atoms. The van der Waals surface area contributed by atoms with Crippen molar-refractivity contribution in [3.63, 3.8) is 0 Å². The first kappa shape index (κ1) is 14.7. The first-order valence-electron chi connectivity index (χ1n) is 7.79. The van der Waals surface area contributed by atoms with E-state index in [-0.39, 0.29) is 0 Å². The van der Waals surface area contributed by atoms with Gasteiger partial charge in [-0.3, -0.25) is 0 Å². The predicted molar refractivity (Wildman–Crippen MR) is 87.1 cm³/mol. The molecule has 108 valence electrons. The molecule has 0 aliphatic carbocycles. The second-order valence-electron chi connectivity index (χ2n) is 5.41. The van der Waals surface area contributed by atoms with Gasteiger partial charge in [0.15, 0.2) is 0 Å². The van der Waals surface area contributed by atoms with Crippen molar-refractivity contribution in [2.24, 2.45) is 0 Å². The molecule has 1 aromatic carbocycles. The molecular formula is C18H26N2. The maximum Gasteiger partial charge on any atom is 0.0415 e. The molecule has 0 radical (unpaired) electrons. The fourth-order valence-corrected chi connectivity index (χ4v) is 2.37. The van der Waals surface area contributed by atoms with Gasteiger partial charge in [-0.15, -0.1) is 0 Å². The first-order chi connectivity index (χ1) is 9.81. The topological polar surface area (TPSA) is 17.0 Å². The molecule has 1 aromatic heterocycles. The minimum Gasteiger partial charge on any atom is -0.381 e. The molecule has 0 fully saturated rings. The Kier molecular flexibility index (Phi) is 5.72. The van der Waals surface area contributed by atoms with Crippen molar-refractivity contribution >= 4 is 5.69 Å². The zero-order valence-corrected chi connectivity index (χ0v) is 12.7. The van der Waals surface area contributed by atoms with Gasteiger partial charge in [-0.2, -0.15) is 0 Å². The number of rotatable bonds is 8. The third-order valence-corrected chi connectivity index (χ3v) is 3.56. The van der Waals surface area contributed by atoms with Crippen LogP contribution in [-0.4, -0.2) is 4.57 Å². The fraction of sp³-hybridized carbons (Fsp3) is 0.444. The highest BCUT2D eigenvalue weighted by atomic mass is 14.9. The van der Waals surface area contributed by atoms with Crippen LogP contribution in [0, 0.1) is 0 Å². The Balaban J connectivity index is 1.83. The summed E-state index contributed by atoms with van der Waals surface area (Å²) in [4.78, 5) is 0. The number of benzene rings is 1. The average molecular weight is 270 g/mol. The van der Waals surface area contributed by atoms with E-state index in [1.165, 1.54) is 42.5 Å². The van der Waals surface area contributed by atoms with Crippen LogP contribution in [-0.2, 0) is 19.5 Å². The Morgan fingerprint density at radius 3 is 2.45 bits per heavy atom. The van der Waals surface area contributed by atoms with Crippen LogP contribution in [0.15, 0.2) is 42.7 Å². The number of anilines is 1. The standard InChI is InChI=1S/C18H26N2/c1-3-5-6-16-7-9-18(10-8-16)19-14-17-11-13-20(15-17)12-4-2/h7-11,13,15,19H,3-6,12,14H2,1-2H3. The van der Waals surface area contributed by atoms with Crippen molar-refractivity contribution in [3.8, 4) is 0 Å². The van der Waals surface area contributed by atoms with E-state index in [0.29, 0.717) is 0 Å². The molecule has 0 aliphatic rings. The second-order valence-corrected chi connectivity index (χ2v) is 5.41. The normalized spacial score (nSPS) is 10.7. The van der Waals surface area contributed by atoms with Crippen molar-refractivity contribution in [2.75, 3.05) is 5.32 Å². The fourth-order valence-electron chi connectivity index (χ4n) is 2.37. The molecule has 1 N–H and O–H groups in total. The summed E-state index contributed by atoms with van der Waals surface area (Å²) in [6, 6.07) is 11.0. The lowest BCUT2D eigenvalue weighted by Gasteiger charge is -2.06. The van der Waals surface area contributed by atoms with E-state index in [4.69, 9.17) is 0 Å². The number of unbranched alkanes of at least 4 members (excludes halogenated alkanes) is 1. The molecule has 2 aromatic rings. The van der Waals surface area contributed by atoms with Gasteiger partial charge in [-0.1, -0.05) is 32.4 Å². The summed E-state index contributed by atoms with van der Waals surface area (Å²) < 4.78 is 2.25. The van der Waals surface area contributed by atoms with Gasteiger partial charge in [0.2, 0.25) is 0 Å². The molecule has 0 unspecified atom stereocenters. The van der Waals surface area contributed by atoms with Crippen LogP contribution in [0.3, 0.4) is 0 Å². The third kappa shape index (κ3) is 4.44. The van der Waals surface area contributed by atoms with Gasteiger partial charge in [-0.05, 0) is 48.6 Å². The van der Waals surface area contributed by atoms with Crippen LogP contribution < -0.4 is 5.32 Å². The van der Waals surface area contributed by atoms with Crippen LogP contribution in [0.2, 0.25) is 0 Å². The second kappa shape index (κ2) is 7.78. The summed E-state index contributed by atoms with van der Waals surface area (Å²) >= 11 is 0. The van der Waals surface area contributed by atoms with Crippen LogP contribution >= 0.6 is 0 Å². The van der Waals surface area contributed by atoms with E-state index >= 15 is 0 Å².